The van der Waals surface area contributed by atoms with Crippen molar-refractivity contribution in [3.63, 3.8) is 0 Å². The topological polar surface area (TPSA) is 79.9 Å². The van der Waals surface area contributed by atoms with Crippen LogP contribution in [0.3, 0.4) is 0 Å². The quantitative estimate of drug-likeness (QED) is 0.802. The molecule has 1 fully saturated rings. The second-order valence-corrected chi connectivity index (χ2v) is 6.51. The van der Waals surface area contributed by atoms with Gasteiger partial charge >= 0.3 is 6.03 Å². The van der Waals surface area contributed by atoms with Gasteiger partial charge in [-0.25, -0.2) is 4.79 Å². The molecule has 0 spiro atoms. The lowest BCUT2D eigenvalue weighted by atomic mass is 10.1. The summed E-state index contributed by atoms with van der Waals surface area (Å²) in [5, 5.41) is 5.74. The summed E-state index contributed by atoms with van der Waals surface area (Å²) in [6, 6.07) is 15.8. The predicted molar refractivity (Wildman–Crippen MR) is 106 cm³/mol. The number of hydrogen-bond donors (Lipinski definition) is 2. The van der Waals surface area contributed by atoms with E-state index < -0.39 is 6.04 Å². The number of hydrogen-bond acceptors (Lipinski definition) is 4. The highest BCUT2D eigenvalue weighted by Crippen LogP contribution is 2.17. The van der Waals surface area contributed by atoms with E-state index in [0.717, 1.165) is 5.56 Å². The molecule has 7 nitrogen and oxygen atoms in total. The van der Waals surface area contributed by atoms with E-state index in [0.29, 0.717) is 44.2 Å². The molecule has 148 valence electrons. The average Bonchev–Trinajstić information content (AvgIpc) is 2.74. The van der Waals surface area contributed by atoms with E-state index in [1.807, 2.05) is 30.3 Å². The SMILES string of the molecule is COc1cccc(NC(=O)[C@@H](Cc2ccccc2)NC(=O)N2CCOCC2)c1. The van der Waals surface area contributed by atoms with Gasteiger partial charge in [0.15, 0.2) is 0 Å². The Hall–Kier alpha value is -3.06. The summed E-state index contributed by atoms with van der Waals surface area (Å²) < 4.78 is 10.5. The monoisotopic (exact) mass is 383 g/mol. The zero-order chi connectivity index (χ0) is 19.8. The number of nitrogens with one attached hydrogen (secondary N) is 2. The maximum atomic E-state index is 12.9. The Balaban J connectivity index is 1.72. The normalized spacial score (nSPS) is 14.8. The van der Waals surface area contributed by atoms with Crippen LogP contribution in [0.1, 0.15) is 5.56 Å². The van der Waals surface area contributed by atoms with Crippen molar-refractivity contribution in [1.82, 2.24) is 10.2 Å². The number of nitrogens with zero attached hydrogens (tertiary/aromatic N) is 1. The van der Waals surface area contributed by atoms with Crippen LogP contribution < -0.4 is 15.4 Å². The van der Waals surface area contributed by atoms with E-state index in [9.17, 15) is 9.59 Å². The number of methoxy groups -OCH3 is 1. The molecule has 3 rings (SSSR count). The van der Waals surface area contributed by atoms with Gasteiger partial charge in [-0.05, 0) is 17.7 Å². The molecule has 1 aliphatic heterocycles. The van der Waals surface area contributed by atoms with Crippen LogP contribution in [0.25, 0.3) is 0 Å². The van der Waals surface area contributed by atoms with Gasteiger partial charge in [0, 0.05) is 31.3 Å². The van der Waals surface area contributed by atoms with E-state index in [2.05, 4.69) is 10.6 Å². The lowest BCUT2D eigenvalue weighted by Crippen LogP contribution is -2.53. The van der Waals surface area contributed by atoms with Crippen molar-refractivity contribution in [3.8, 4) is 5.75 Å². The highest BCUT2D eigenvalue weighted by atomic mass is 16.5. The molecule has 2 aromatic rings. The van der Waals surface area contributed by atoms with Gasteiger partial charge in [-0.1, -0.05) is 36.4 Å². The largest absolute Gasteiger partial charge is 0.497 e. The molecule has 0 aliphatic carbocycles. The predicted octanol–water partition coefficient (Wildman–Crippen LogP) is 2.29. The van der Waals surface area contributed by atoms with Crippen LogP contribution in [-0.4, -0.2) is 56.3 Å². The van der Waals surface area contributed by atoms with Crippen LogP contribution in [0.5, 0.6) is 5.75 Å². The third-order valence-corrected chi connectivity index (χ3v) is 4.53. The summed E-state index contributed by atoms with van der Waals surface area (Å²) in [6.45, 7) is 2.04. The maximum Gasteiger partial charge on any atom is 0.318 e. The third-order valence-electron chi connectivity index (χ3n) is 4.53. The standard InChI is InChI=1S/C21H25N3O4/c1-27-18-9-5-8-17(15-18)22-20(25)19(14-16-6-3-2-4-7-16)23-21(26)24-10-12-28-13-11-24/h2-9,15,19H,10-14H2,1H3,(H,22,25)(H,23,26)/t19-/m1/s1. The van der Waals surface area contributed by atoms with Crippen molar-refractivity contribution in [2.24, 2.45) is 0 Å². The molecule has 0 unspecified atom stereocenters. The van der Waals surface area contributed by atoms with Crippen LogP contribution in [0.2, 0.25) is 0 Å². The zero-order valence-electron chi connectivity index (χ0n) is 15.9. The van der Waals surface area contributed by atoms with Crippen LogP contribution in [-0.2, 0) is 16.0 Å². The first kappa shape index (κ1) is 19.7. The zero-order valence-corrected chi connectivity index (χ0v) is 15.9. The summed E-state index contributed by atoms with van der Waals surface area (Å²) in [7, 11) is 1.57. The van der Waals surface area contributed by atoms with E-state index >= 15 is 0 Å². The molecule has 3 amide bonds. The number of morpholine rings is 1. The minimum absolute atomic E-state index is 0.259. The van der Waals surface area contributed by atoms with Crippen LogP contribution in [0.15, 0.2) is 54.6 Å². The summed E-state index contributed by atoms with van der Waals surface area (Å²) in [5.41, 5.74) is 1.58. The Morgan fingerprint density at radius 3 is 2.57 bits per heavy atom. The minimum Gasteiger partial charge on any atom is -0.497 e. The van der Waals surface area contributed by atoms with Crippen LogP contribution in [0, 0.1) is 0 Å². The van der Waals surface area contributed by atoms with Crippen molar-refractivity contribution < 1.29 is 19.1 Å². The molecule has 0 bridgehead atoms. The molecule has 0 aromatic heterocycles. The molecular weight excluding hydrogens is 358 g/mol. The molecule has 0 radical (unpaired) electrons. The van der Waals surface area contributed by atoms with Crippen molar-refractivity contribution >= 4 is 17.6 Å². The average molecular weight is 383 g/mol. The van der Waals surface area contributed by atoms with Crippen molar-refractivity contribution in [3.05, 3.63) is 60.2 Å². The summed E-state index contributed by atoms with van der Waals surface area (Å²) in [5.74, 6) is 0.369. The van der Waals surface area contributed by atoms with Crippen LogP contribution >= 0.6 is 0 Å². The van der Waals surface area contributed by atoms with Gasteiger partial charge < -0.3 is 25.0 Å². The summed E-state index contributed by atoms with van der Waals surface area (Å²) in [4.78, 5) is 27.2. The maximum absolute atomic E-state index is 12.9. The Bertz CT molecular complexity index is 791. The Morgan fingerprint density at radius 1 is 1.11 bits per heavy atom. The molecule has 1 heterocycles. The number of amides is 3. The lowest BCUT2D eigenvalue weighted by molar-refractivity contribution is -0.118. The van der Waals surface area contributed by atoms with Gasteiger partial charge in [-0.3, -0.25) is 4.79 Å². The second-order valence-electron chi connectivity index (χ2n) is 6.51. The number of carbonyl (C=O) groups excluding carboxylic acids is 2. The first-order chi connectivity index (χ1) is 13.7. The molecule has 2 aromatic carbocycles. The number of ether oxygens (including phenoxy) is 2. The van der Waals surface area contributed by atoms with E-state index in [-0.39, 0.29) is 11.9 Å². The molecule has 1 saturated heterocycles. The minimum atomic E-state index is -0.705. The van der Waals surface area contributed by atoms with Gasteiger partial charge in [-0.2, -0.15) is 0 Å². The summed E-state index contributed by atoms with van der Waals surface area (Å²) >= 11 is 0. The lowest BCUT2D eigenvalue weighted by Gasteiger charge is -2.29. The molecule has 2 N–H and O–H groups in total. The number of urea groups is 1. The third kappa shape index (κ3) is 5.47. The Kier molecular flexibility index (Phi) is 6.86. The molecule has 1 aliphatic rings. The van der Waals surface area contributed by atoms with Crippen LogP contribution in [0.4, 0.5) is 10.5 Å². The van der Waals surface area contributed by atoms with Crippen molar-refractivity contribution in [1.29, 1.82) is 0 Å². The highest BCUT2D eigenvalue weighted by Gasteiger charge is 2.25. The smallest absolute Gasteiger partial charge is 0.318 e. The molecule has 1 atom stereocenters. The van der Waals surface area contributed by atoms with E-state index in [1.165, 1.54) is 0 Å². The fourth-order valence-electron chi connectivity index (χ4n) is 3.00. The number of anilines is 1. The molecule has 0 saturated carbocycles. The first-order valence-corrected chi connectivity index (χ1v) is 9.28. The number of benzene rings is 2. The van der Waals surface area contributed by atoms with Gasteiger partial charge in [-0.15, -0.1) is 0 Å². The highest BCUT2D eigenvalue weighted by molar-refractivity contribution is 5.97. The fraction of sp³-hybridized carbons (Fsp3) is 0.333. The Labute approximate surface area is 164 Å². The van der Waals surface area contributed by atoms with Gasteiger partial charge in [0.1, 0.15) is 11.8 Å². The van der Waals surface area contributed by atoms with E-state index in [4.69, 9.17) is 9.47 Å². The van der Waals surface area contributed by atoms with Gasteiger partial charge in [0.25, 0.3) is 0 Å². The first-order valence-electron chi connectivity index (χ1n) is 9.28. The number of carbonyl (C=O) groups is 2. The molecule has 28 heavy (non-hydrogen) atoms. The second kappa shape index (κ2) is 9.75. The molecule has 7 heteroatoms. The van der Waals surface area contributed by atoms with Crippen molar-refractivity contribution in [2.75, 3.05) is 38.7 Å². The van der Waals surface area contributed by atoms with Gasteiger partial charge in [0.2, 0.25) is 5.91 Å². The fourth-order valence-corrected chi connectivity index (χ4v) is 3.00. The van der Waals surface area contributed by atoms with E-state index in [1.54, 1.807) is 36.3 Å². The Morgan fingerprint density at radius 2 is 1.86 bits per heavy atom. The van der Waals surface area contributed by atoms with Gasteiger partial charge in [0.05, 0.1) is 20.3 Å². The van der Waals surface area contributed by atoms with Crippen molar-refractivity contribution in [2.45, 2.75) is 12.5 Å². The number of rotatable bonds is 6. The molecular formula is C21H25N3O4. The summed E-state index contributed by atoms with van der Waals surface area (Å²) in [6.07, 6.45) is 0.396.